The number of hydrogen-bond acceptors (Lipinski definition) is 3. The lowest BCUT2D eigenvalue weighted by atomic mass is 9.77. The van der Waals surface area contributed by atoms with E-state index in [2.05, 4.69) is 19.9 Å². The molecule has 3 aliphatic carbocycles. The van der Waals surface area contributed by atoms with Gasteiger partial charge in [-0.3, -0.25) is 4.79 Å². The quantitative estimate of drug-likeness (QED) is 0.215. The predicted octanol–water partition coefficient (Wildman–Crippen LogP) is 8.80. The molecule has 0 heterocycles. The van der Waals surface area contributed by atoms with Crippen LogP contribution in [0.25, 0.3) is 0 Å². The van der Waals surface area contributed by atoms with Crippen LogP contribution in [0.15, 0.2) is 11.6 Å². The summed E-state index contributed by atoms with van der Waals surface area (Å²) in [6.07, 6.45) is 26.0. The summed E-state index contributed by atoms with van der Waals surface area (Å²) in [5.41, 5.74) is 1.56. The maximum Gasteiger partial charge on any atom is 0.147 e. The molecule has 3 aliphatic rings. The van der Waals surface area contributed by atoms with Gasteiger partial charge in [0.25, 0.3) is 0 Å². The van der Waals surface area contributed by atoms with Crippen molar-refractivity contribution < 1.29 is 14.3 Å². The van der Waals surface area contributed by atoms with E-state index >= 15 is 0 Å². The molecular formula is C30H54O3. The van der Waals surface area contributed by atoms with Crippen molar-refractivity contribution >= 4 is 5.78 Å². The van der Waals surface area contributed by atoms with Crippen LogP contribution in [-0.2, 0) is 14.3 Å². The van der Waals surface area contributed by atoms with Gasteiger partial charge in [-0.25, -0.2) is 0 Å². The molecular weight excluding hydrogens is 408 g/mol. The first-order chi connectivity index (χ1) is 16.1. The summed E-state index contributed by atoms with van der Waals surface area (Å²) in [5, 5.41) is 0. The molecule has 3 heteroatoms. The standard InChI is InChI=1S/C15H30O2.C15H24O/c1-2-16-14-17-15-12-10-8-6-4-3-5-7-9-11-13-15;1-11-6-8-13(9-7-11)12(2)10-14-4-3-5-15(14)16/h15H,2-14H2,1H3;6,12-14H,3-5,7-10H2,1-2H3. The summed E-state index contributed by atoms with van der Waals surface area (Å²) >= 11 is 0. The first-order valence-electron chi connectivity index (χ1n) is 14.5. The van der Waals surface area contributed by atoms with E-state index < -0.39 is 0 Å². The summed E-state index contributed by atoms with van der Waals surface area (Å²) in [4.78, 5) is 11.6. The Hall–Kier alpha value is -0.670. The molecule has 2 fully saturated rings. The summed E-state index contributed by atoms with van der Waals surface area (Å²) in [6.45, 7) is 7.85. The fourth-order valence-corrected chi connectivity index (χ4v) is 5.80. The van der Waals surface area contributed by atoms with E-state index in [4.69, 9.17) is 9.47 Å². The molecule has 0 aromatic carbocycles. The Morgan fingerprint density at radius 1 is 0.879 bits per heavy atom. The molecule has 0 radical (unpaired) electrons. The molecule has 3 rings (SSSR count). The lowest BCUT2D eigenvalue weighted by molar-refractivity contribution is -0.121. The Balaban J connectivity index is 0.000000234. The molecule has 3 nitrogen and oxygen atoms in total. The zero-order chi connectivity index (χ0) is 23.7. The van der Waals surface area contributed by atoms with E-state index in [9.17, 15) is 4.79 Å². The fourth-order valence-electron chi connectivity index (χ4n) is 5.80. The number of hydrogen-bond donors (Lipinski definition) is 0. The fraction of sp³-hybridized carbons (Fsp3) is 0.900. The van der Waals surface area contributed by atoms with Crippen molar-refractivity contribution in [3.05, 3.63) is 11.6 Å². The lowest BCUT2D eigenvalue weighted by Gasteiger charge is -2.28. The van der Waals surface area contributed by atoms with Crippen LogP contribution in [0.1, 0.15) is 136 Å². The Morgan fingerprint density at radius 3 is 2.03 bits per heavy atom. The van der Waals surface area contributed by atoms with Crippen LogP contribution >= 0.6 is 0 Å². The molecule has 192 valence electrons. The van der Waals surface area contributed by atoms with Crippen molar-refractivity contribution in [1.82, 2.24) is 0 Å². The van der Waals surface area contributed by atoms with E-state index in [1.54, 1.807) is 5.57 Å². The number of ether oxygens (including phenoxy) is 2. The summed E-state index contributed by atoms with van der Waals surface area (Å²) in [6, 6.07) is 0. The van der Waals surface area contributed by atoms with Crippen molar-refractivity contribution in [2.75, 3.05) is 13.4 Å². The molecule has 0 bridgehead atoms. The van der Waals surface area contributed by atoms with Gasteiger partial charge in [0, 0.05) is 18.9 Å². The van der Waals surface area contributed by atoms with Gasteiger partial charge in [0.15, 0.2) is 0 Å². The van der Waals surface area contributed by atoms with Crippen LogP contribution in [0.3, 0.4) is 0 Å². The average Bonchev–Trinajstić information content (AvgIpc) is 3.20. The smallest absolute Gasteiger partial charge is 0.147 e. The van der Waals surface area contributed by atoms with Gasteiger partial charge in [-0.05, 0) is 77.0 Å². The minimum Gasteiger partial charge on any atom is -0.356 e. The molecule has 0 aromatic rings. The first-order valence-corrected chi connectivity index (χ1v) is 14.5. The third-order valence-corrected chi connectivity index (χ3v) is 8.21. The van der Waals surface area contributed by atoms with Gasteiger partial charge in [-0.1, -0.05) is 76.4 Å². The molecule has 0 spiro atoms. The lowest BCUT2D eigenvalue weighted by Crippen LogP contribution is -2.19. The Labute approximate surface area is 205 Å². The van der Waals surface area contributed by atoms with E-state index in [1.165, 1.54) is 89.9 Å². The molecule has 0 amide bonds. The van der Waals surface area contributed by atoms with Crippen LogP contribution in [0, 0.1) is 17.8 Å². The van der Waals surface area contributed by atoms with Gasteiger partial charge in [-0.15, -0.1) is 0 Å². The zero-order valence-corrected chi connectivity index (χ0v) is 22.3. The van der Waals surface area contributed by atoms with E-state index in [1.807, 2.05) is 6.92 Å². The summed E-state index contributed by atoms with van der Waals surface area (Å²) < 4.78 is 11.1. The Morgan fingerprint density at radius 2 is 1.52 bits per heavy atom. The largest absolute Gasteiger partial charge is 0.356 e. The van der Waals surface area contributed by atoms with Crippen molar-refractivity contribution in [3.63, 3.8) is 0 Å². The predicted molar refractivity (Wildman–Crippen MR) is 139 cm³/mol. The van der Waals surface area contributed by atoms with Crippen LogP contribution in [0.4, 0.5) is 0 Å². The van der Waals surface area contributed by atoms with Crippen LogP contribution in [-0.4, -0.2) is 25.3 Å². The van der Waals surface area contributed by atoms with Crippen molar-refractivity contribution in [2.45, 2.75) is 142 Å². The van der Waals surface area contributed by atoms with Crippen molar-refractivity contribution in [3.8, 4) is 0 Å². The van der Waals surface area contributed by atoms with Crippen LogP contribution < -0.4 is 0 Å². The molecule has 2 saturated carbocycles. The number of allylic oxidation sites excluding steroid dienone is 2. The molecule has 3 unspecified atom stereocenters. The second kappa shape index (κ2) is 17.7. The summed E-state index contributed by atoms with van der Waals surface area (Å²) in [5.74, 6) is 2.50. The molecule has 0 aliphatic heterocycles. The van der Waals surface area contributed by atoms with Gasteiger partial charge < -0.3 is 9.47 Å². The minimum atomic E-state index is 0.405. The molecule has 33 heavy (non-hydrogen) atoms. The van der Waals surface area contributed by atoms with Crippen molar-refractivity contribution in [2.24, 2.45) is 17.8 Å². The number of carbonyl (C=O) groups is 1. The van der Waals surface area contributed by atoms with Gasteiger partial charge in [-0.2, -0.15) is 0 Å². The van der Waals surface area contributed by atoms with E-state index in [0.717, 1.165) is 44.1 Å². The van der Waals surface area contributed by atoms with Gasteiger partial charge in [0.2, 0.25) is 0 Å². The molecule has 0 saturated heterocycles. The highest BCUT2D eigenvalue weighted by Gasteiger charge is 2.29. The maximum atomic E-state index is 11.6. The van der Waals surface area contributed by atoms with E-state index in [0.29, 0.717) is 24.6 Å². The SMILES string of the molecule is CC1=CCC(C(C)CC2CCCC2=O)CC1.CCOCOC1CCCCCCCCCCC1. The second-order valence-electron chi connectivity index (χ2n) is 11.0. The normalized spacial score (nSPS) is 27.0. The van der Waals surface area contributed by atoms with Crippen LogP contribution in [0.5, 0.6) is 0 Å². The highest BCUT2D eigenvalue weighted by molar-refractivity contribution is 5.82. The first kappa shape index (κ1) is 28.6. The highest BCUT2D eigenvalue weighted by Crippen LogP contribution is 2.35. The average molecular weight is 463 g/mol. The number of Topliss-reactive ketones (excluding diaryl/α,β-unsaturated/α-hetero) is 1. The number of rotatable bonds is 7. The topological polar surface area (TPSA) is 35.5 Å². The van der Waals surface area contributed by atoms with E-state index in [-0.39, 0.29) is 0 Å². The summed E-state index contributed by atoms with van der Waals surface area (Å²) in [7, 11) is 0. The Kier molecular flexibility index (Phi) is 15.3. The Bertz CT molecular complexity index is 529. The second-order valence-corrected chi connectivity index (χ2v) is 11.0. The molecule has 0 aromatic heterocycles. The third-order valence-electron chi connectivity index (χ3n) is 8.21. The number of carbonyl (C=O) groups excluding carboxylic acids is 1. The third kappa shape index (κ3) is 12.6. The minimum absolute atomic E-state index is 0.405. The van der Waals surface area contributed by atoms with Crippen LogP contribution in [0.2, 0.25) is 0 Å². The van der Waals surface area contributed by atoms with Gasteiger partial charge >= 0.3 is 0 Å². The number of ketones is 1. The van der Waals surface area contributed by atoms with Crippen molar-refractivity contribution in [1.29, 1.82) is 0 Å². The van der Waals surface area contributed by atoms with Gasteiger partial charge in [0.05, 0.1) is 6.10 Å². The molecule has 0 N–H and O–H groups in total. The molecule has 3 atom stereocenters. The zero-order valence-electron chi connectivity index (χ0n) is 22.3. The monoisotopic (exact) mass is 462 g/mol. The maximum absolute atomic E-state index is 11.6. The highest BCUT2D eigenvalue weighted by atomic mass is 16.7. The van der Waals surface area contributed by atoms with Gasteiger partial charge in [0.1, 0.15) is 12.6 Å².